The molecule has 0 unspecified atom stereocenters. The number of nitrogens with zero attached hydrogens (tertiary/aromatic N) is 1. The third-order valence-electron chi connectivity index (χ3n) is 3.74. The van der Waals surface area contributed by atoms with Crippen LogP contribution in [0.2, 0.25) is 0 Å². The van der Waals surface area contributed by atoms with E-state index in [1.807, 2.05) is 24.3 Å². The predicted octanol–water partition coefficient (Wildman–Crippen LogP) is 4.64. The Morgan fingerprint density at radius 1 is 1.24 bits per heavy atom. The Morgan fingerprint density at radius 3 is 2.60 bits per heavy atom. The van der Waals surface area contributed by atoms with Crippen molar-refractivity contribution in [3.05, 3.63) is 64.2 Å². The van der Waals surface area contributed by atoms with Crippen molar-refractivity contribution in [1.29, 1.82) is 0 Å². The molecule has 2 aromatic heterocycles. The average molecular weight is 356 g/mol. The van der Waals surface area contributed by atoms with Gasteiger partial charge in [0.2, 0.25) is 5.76 Å². The summed E-state index contributed by atoms with van der Waals surface area (Å²) in [6.45, 7) is 6.01. The molecule has 0 spiro atoms. The number of carbonyl (C=O) groups is 1. The lowest BCUT2D eigenvalue weighted by molar-refractivity contribution is 0.0921. The van der Waals surface area contributed by atoms with E-state index in [2.05, 4.69) is 28.7 Å². The van der Waals surface area contributed by atoms with Crippen LogP contribution in [-0.2, 0) is 13.0 Å². The predicted molar refractivity (Wildman–Crippen MR) is 97.4 cm³/mol. The van der Waals surface area contributed by atoms with Gasteiger partial charge in [0.1, 0.15) is 5.75 Å². The van der Waals surface area contributed by atoms with Gasteiger partial charge in [-0.2, -0.15) is 0 Å². The number of hydrogen-bond acceptors (Lipinski definition) is 5. The molecule has 0 saturated carbocycles. The lowest BCUT2D eigenvalue weighted by Crippen LogP contribution is -2.23. The molecule has 0 radical (unpaired) electrons. The molecule has 25 heavy (non-hydrogen) atoms. The summed E-state index contributed by atoms with van der Waals surface area (Å²) in [5, 5.41) is 5.83. The van der Waals surface area contributed by atoms with E-state index in [4.69, 9.17) is 9.15 Å². The molecule has 3 rings (SSSR count). The second-order valence-corrected chi connectivity index (χ2v) is 6.58. The fourth-order valence-electron chi connectivity index (χ4n) is 2.39. The highest BCUT2D eigenvalue weighted by Crippen LogP contribution is 2.29. The Kier molecular flexibility index (Phi) is 5.19. The van der Waals surface area contributed by atoms with Gasteiger partial charge in [0, 0.05) is 13.5 Å². The summed E-state index contributed by atoms with van der Waals surface area (Å²) in [5.74, 6) is 1.27. The van der Waals surface area contributed by atoms with Gasteiger partial charge < -0.3 is 14.5 Å². The van der Waals surface area contributed by atoms with Crippen molar-refractivity contribution in [2.75, 3.05) is 0 Å². The van der Waals surface area contributed by atoms with Crippen LogP contribution < -0.4 is 10.1 Å². The molecule has 0 aliphatic rings. The summed E-state index contributed by atoms with van der Waals surface area (Å²) < 4.78 is 11.2. The molecule has 0 aliphatic carbocycles. The molecule has 0 saturated heterocycles. The standard InChI is InChI=1S/C19H20N2O3S/c1-4-14-9-17(25-11-14)24-16-7-5-15(6-8-16)10-20-19(22)18-12(2)21-13(3)23-18/h5-9,11H,4,10H2,1-3H3,(H,20,22). The molecule has 6 heteroatoms. The summed E-state index contributed by atoms with van der Waals surface area (Å²) in [6, 6.07) is 9.72. The number of rotatable bonds is 6. The molecule has 0 aliphatic heterocycles. The minimum Gasteiger partial charge on any atom is -0.447 e. The molecule has 130 valence electrons. The molecule has 0 fully saturated rings. The Labute approximate surface area is 150 Å². The number of aryl methyl sites for hydroxylation is 3. The van der Waals surface area contributed by atoms with Crippen molar-refractivity contribution in [1.82, 2.24) is 10.3 Å². The molecule has 5 nitrogen and oxygen atoms in total. The lowest BCUT2D eigenvalue weighted by atomic mass is 10.2. The van der Waals surface area contributed by atoms with Crippen molar-refractivity contribution in [2.24, 2.45) is 0 Å². The van der Waals surface area contributed by atoms with Gasteiger partial charge in [-0.05, 0) is 48.1 Å². The van der Waals surface area contributed by atoms with Gasteiger partial charge in [0.15, 0.2) is 11.0 Å². The number of ether oxygens (including phenoxy) is 1. The van der Waals surface area contributed by atoms with Gasteiger partial charge in [-0.15, -0.1) is 11.3 Å². The van der Waals surface area contributed by atoms with Crippen LogP contribution >= 0.6 is 11.3 Å². The lowest BCUT2D eigenvalue weighted by Gasteiger charge is -2.06. The molecule has 1 N–H and O–H groups in total. The third kappa shape index (κ3) is 4.28. The Bertz CT molecular complexity index is 865. The van der Waals surface area contributed by atoms with Crippen molar-refractivity contribution < 1.29 is 13.9 Å². The van der Waals surface area contributed by atoms with E-state index >= 15 is 0 Å². The molecule has 2 heterocycles. The fraction of sp³-hybridized carbons (Fsp3) is 0.263. The number of thiophene rings is 1. The van der Waals surface area contributed by atoms with Gasteiger partial charge in [-0.1, -0.05) is 19.1 Å². The first kappa shape index (κ1) is 17.2. The number of oxazole rings is 1. The van der Waals surface area contributed by atoms with Crippen LogP contribution in [0.1, 0.15) is 40.2 Å². The zero-order valence-electron chi connectivity index (χ0n) is 14.5. The fourth-order valence-corrected chi connectivity index (χ4v) is 3.25. The zero-order valence-corrected chi connectivity index (χ0v) is 15.3. The molecule has 0 atom stereocenters. The third-order valence-corrected chi connectivity index (χ3v) is 4.60. The average Bonchev–Trinajstić information content (AvgIpc) is 3.19. The van der Waals surface area contributed by atoms with E-state index in [-0.39, 0.29) is 11.7 Å². The van der Waals surface area contributed by atoms with E-state index in [0.29, 0.717) is 18.1 Å². The minimum absolute atomic E-state index is 0.260. The van der Waals surface area contributed by atoms with Gasteiger partial charge >= 0.3 is 0 Å². The number of hydrogen-bond donors (Lipinski definition) is 1. The van der Waals surface area contributed by atoms with Crippen molar-refractivity contribution in [3.63, 3.8) is 0 Å². The number of carbonyl (C=O) groups excluding carboxylic acids is 1. The topological polar surface area (TPSA) is 64.4 Å². The Balaban J connectivity index is 1.57. The van der Waals surface area contributed by atoms with Crippen LogP contribution in [0.4, 0.5) is 0 Å². The molecular formula is C19H20N2O3S. The van der Waals surface area contributed by atoms with Gasteiger partial charge in [-0.3, -0.25) is 4.79 Å². The van der Waals surface area contributed by atoms with Crippen LogP contribution in [0.5, 0.6) is 10.8 Å². The second kappa shape index (κ2) is 7.53. The zero-order chi connectivity index (χ0) is 17.8. The highest BCUT2D eigenvalue weighted by atomic mass is 32.1. The van der Waals surface area contributed by atoms with E-state index < -0.39 is 0 Å². The van der Waals surface area contributed by atoms with Crippen LogP contribution in [0.15, 0.2) is 40.1 Å². The maximum atomic E-state index is 12.1. The SMILES string of the molecule is CCc1csc(Oc2ccc(CNC(=O)c3oc(C)nc3C)cc2)c1. The number of aromatic nitrogens is 1. The molecule has 1 amide bonds. The molecular weight excluding hydrogens is 336 g/mol. The molecule has 1 aromatic carbocycles. The monoisotopic (exact) mass is 356 g/mol. The largest absolute Gasteiger partial charge is 0.447 e. The summed E-state index contributed by atoms with van der Waals surface area (Å²) in [4.78, 5) is 16.2. The summed E-state index contributed by atoms with van der Waals surface area (Å²) >= 11 is 1.59. The van der Waals surface area contributed by atoms with Crippen LogP contribution in [-0.4, -0.2) is 10.9 Å². The normalized spacial score (nSPS) is 10.7. The Hall–Kier alpha value is -2.60. The second-order valence-electron chi connectivity index (χ2n) is 5.70. The summed E-state index contributed by atoms with van der Waals surface area (Å²) in [7, 11) is 0. The number of benzene rings is 1. The minimum atomic E-state index is -0.260. The van der Waals surface area contributed by atoms with Crippen molar-refractivity contribution in [3.8, 4) is 10.8 Å². The van der Waals surface area contributed by atoms with E-state index in [9.17, 15) is 4.79 Å². The van der Waals surface area contributed by atoms with Gasteiger partial charge in [0.25, 0.3) is 5.91 Å². The maximum Gasteiger partial charge on any atom is 0.289 e. The van der Waals surface area contributed by atoms with Crippen LogP contribution in [0, 0.1) is 13.8 Å². The first-order valence-corrected chi connectivity index (χ1v) is 8.99. The highest BCUT2D eigenvalue weighted by molar-refractivity contribution is 7.12. The highest BCUT2D eigenvalue weighted by Gasteiger charge is 2.15. The van der Waals surface area contributed by atoms with E-state index in [0.717, 1.165) is 22.8 Å². The molecule has 3 aromatic rings. The van der Waals surface area contributed by atoms with Crippen LogP contribution in [0.3, 0.4) is 0 Å². The first-order chi connectivity index (χ1) is 12.0. The van der Waals surface area contributed by atoms with Gasteiger partial charge in [0.05, 0.1) is 5.69 Å². The van der Waals surface area contributed by atoms with Crippen molar-refractivity contribution in [2.45, 2.75) is 33.7 Å². The quantitative estimate of drug-likeness (QED) is 0.699. The van der Waals surface area contributed by atoms with Crippen LogP contribution in [0.25, 0.3) is 0 Å². The summed E-state index contributed by atoms with van der Waals surface area (Å²) in [6.07, 6.45) is 1.00. The Morgan fingerprint density at radius 2 is 2.00 bits per heavy atom. The number of amides is 1. The maximum absolute atomic E-state index is 12.1. The van der Waals surface area contributed by atoms with E-state index in [1.165, 1.54) is 5.56 Å². The van der Waals surface area contributed by atoms with Gasteiger partial charge in [-0.25, -0.2) is 4.98 Å². The summed E-state index contributed by atoms with van der Waals surface area (Å²) in [5.41, 5.74) is 2.86. The smallest absolute Gasteiger partial charge is 0.289 e. The molecule has 0 bridgehead atoms. The first-order valence-electron chi connectivity index (χ1n) is 8.11. The van der Waals surface area contributed by atoms with Crippen molar-refractivity contribution >= 4 is 17.2 Å². The number of nitrogens with one attached hydrogen (secondary N) is 1. The van der Waals surface area contributed by atoms with E-state index in [1.54, 1.807) is 25.2 Å².